The Kier molecular flexibility index (Phi) is 7.78. The minimum atomic E-state index is -1.81. The number of amides is 1. The van der Waals surface area contributed by atoms with Crippen molar-refractivity contribution in [2.75, 3.05) is 5.32 Å². The number of thiocarbonyl (C=S) groups is 1. The smallest absolute Gasteiger partial charge is 0.253 e. The molecule has 26 heavy (non-hydrogen) atoms. The maximum atomic E-state index is 12.5. The van der Waals surface area contributed by atoms with Crippen LogP contribution in [0.4, 0.5) is 5.69 Å². The zero-order valence-electron chi connectivity index (χ0n) is 13.5. The zero-order chi connectivity index (χ0) is 19.3. The Hall–Kier alpha value is -0.800. The van der Waals surface area contributed by atoms with Crippen LogP contribution >= 0.6 is 69.6 Å². The van der Waals surface area contributed by atoms with Gasteiger partial charge in [-0.1, -0.05) is 65.1 Å². The number of hydrogen-bond acceptors (Lipinski definition) is 2. The number of benzene rings is 2. The fourth-order valence-corrected chi connectivity index (χ4v) is 3.17. The number of rotatable bonds is 4. The van der Waals surface area contributed by atoms with Crippen molar-refractivity contribution in [3.8, 4) is 0 Å². The average Bonchev–Trinajstić information content (AvgIpc) is 2.56. The summed E-state index contributed by atoms with van der Waals surface area (Å²) in [6.45, 7) is 1.83. The van der Waals surface area contributed by atoms with Gasteiger partial charge in [-0.15, -0.1) is 0 Å². The number of carbonyl (C=O) groups excluding carboxylic acids is 1. The Morgan fingerprint density at radius 3 is 2.31 bits per heavy atom. The molecule has 0 aliphatic heterocycles. The van der Waals surface area contributed by atoms with Crippen molar-refractivity contribution in [2.24, 2.45) is 0 Å². The van der Waals surface area contributed by atoms with Gasteiger partial charge in [-0.3, -0.25) is 4.79 Å². The molecule has 0 saturated carbocycles. The van der Waals surface area contributed by atoms with Gasteiger partial charge in [-0.05, 0) is 65.5 Å². The van der Waals surface area contributed by atoms with E-state index in [1.165, 1.54) is 0 Å². The molecule has 0 radical (unpaired) electrons. The van der Waals surface area contributed by atoms with Crippen LogP contribution in [0.2, 0.25) is 0 Å². The third kappa shape index (κ3) is 6.13. The van der Waals surface area contributed by atoms with E-state index in [1.54, 1.807) is 12.1 Å². The minimum absolute atomic E-state index is 0.218. The van der Waals surface area contributed by atoms with Gasteiger partial charge in [0, 0.05) is 9.13 Å². The molecule has 9 heteroatoms. The lowest BCUT2D eigenvalue weighted by molar-refractivity contribution is 0.0934. The van der Waals surface area contributed by atoms with Gasteiger partial charge >= 0.3 is 0 Å². The molecule has 2 rings (SSSR count). The lowest BCUT2D eigenvalue weighted by Crippen LogP contribution is -2.56. The number of nitrogens with one attached hydrogen (secondary N) is 3. The van der Waals surface area contributed by atoms with Crippen LogP contribution in [0.5, 0.6) is 0 Å². The zero-order valence-corrected chi connectivity index (χ0v) is 18.8. The van der Waals surface area contributed by atoms with Crippen LogP contribution in [-0.4, -0.2) is 21.0 Å². The number of alkyl halides is 3. The summed E-state index contributed by atoms with van der Waals surface area (Å²) in [5.41, 5.74) is 2.11. The van der Waals surface area contributed by atoms with Crippen LogP contribution in [-0.2, 0) is 0 Å². The first kappa shape index (κ1) is 21.5. The van der Waals surface area contributed by atoms with E-state index in [2.05, 4.69) is 38.5 Å². The van der Waals surface area contributed by atoms with Gasteiger partial charge in [0.1, 0.15) is 6.17 Å². The molecular weight excluding hydrogens is 528 g/mol. The molecule has 0 heterocycles. The molecule has 1 amide bonds. The van der Waals surface area contributed by atoms with Crippen molar-refractivity contribution in [1.29, 1.82) is 0 Å². The Balaban J connectivity index is 2.10. The molecule has 0 aromatic heterocycles. The van der Waals surface area contributed by atoms with Crippen LogP contribution < -0.4 is 16.0 Å². The first-order valence-electron chi connectivity index (χ1n) is 7.43. The van der Waals surface area contributed by atoms with Crippen LogP contribution in [0.15, 0.2) is 48.5 Å². The van der Waals surface area contributed by atoms with Crippen molar-refractivity contribution in [3.05, 3.63) is 63.2 Å². The number of hydrogen-bond donors (Lipinski definition) is 3. The quantitative estimate of drug-likeness (QED) is 0.220. The summed E-state index contributed by atoms with van der Waals surface area (Å²) >= 11 is 25.5. The van der Waals surface area contributed by atoms with E-state index in [-0.39, 0.29) is 11.0 Å². The van der Waals surface area contributed by atoms with Gasteiger partial charge in [-0.2, -0.15) is 0 Å². The van der Waals surface area contributed by atoms with Gasteiger partial charge in [0.2, 0.25) is 3.79 Å². The van der Waals surface area contributed by atoms with E-state index < -0.39 is 9.96 Å². The maximum absolute atomic E-state index is 12.5. The lowest BCUT2D eigenvalue weighted by Gasteiger charge is -2.28. The van der Waals surface area contributed by atoms with Gasteiger partial charge in [-0.25, -0.2) is 0 Å². The molecule has 0 saturated heterocycles. The third-order valence-electron chi connectivity index (χ3n) is 3.39. The second kappa shape index (κ2) is 9.41. The van der Waals surface area contributed by atoms with E-state index in [0.29, 0.717) is 5.56 Å². The fourth-order valence-electron chi connectivity index (χ4n) is 2.09. The number of para-hydroxylation sites is 1. The molecule has 2 aromatic carbocycles. The third-order valence-corrected chi connectivity index (χ3v) is 5.21. The highest BCUT2D eigenvalue weighted by atomic mass is 127. The maximum Gasteiger partial charge on any atom is 0.253 e. The van der Waals surface area contributed by atoms with Gasteiger partial charge in [0.25, 0.3) is 5.91 Å². The molecule has 0 bridgehead atoms. The largest absolute Gasteiger partial charge is 0.339 e. The van der Waals surface area contributed by atoms with E-state index in [0.717, 1.165) is 14.8 Å². The average molecular weight is 543 g/mol. The summed E-state index contributed by atoms with van der Waals surface area (Å²) in [5, 5.41) is 8.75. The standard InChI is InChI=1S/C17H15Cl3IN3OS/c1-10-6-2-3-7-11(10)14(25)23-15(17(18,19)20)24-16(26)22-13-9-5-4-8-12(13)21/h2-9,15H,1H3,(H,23,25)(H2,22,24,26)/t15-/m0/s1. The van der Waals surface area contributed by atoms with Crippen molar-refractivity contribution < 1.29 is 4.79 Å². The van der Waals surface area contributed by atoms with Crippen LogP contribution in [0.25, 0.3) is 0 Å². The Labute approximate surface area is 186 Å². The monoisotopic (exact) mass is 541 g/mol. The minimum Gasteiger partial charge on any atom is -0.339 e. The molecule has 1 atom stereocenters. The van der Waals surface area contributed by atoms with Crippen LogP contribution in [0, 0.1) is 10.5 Å². The summed E-state index contributed by atoms with van der Waals surface area (Å²) < 4.78 is -0.836. The topological polar surface area (TPSA) is 53.2 Å². The normalized spacial score (nSPS) is 12.2. The molecular formula is C17H15Cl3IN3OS. The second-order valence-corrected chi connectivity index (χ2v) is 9.28. The Morgan fingerprint density at radius 2 is 1.69 bits per heavy atom. The summed E-state index contributed by atoms with van der Waals surface area (Å²) in [6, 6.07) is 14.7. The van der Waals surface area contributed by atoms with Gasteiger partial charge in [0.15, 0.2) is 5.11 Å². The molecule has 2 aromatic rings. The van der Waals surface area contributed by atoms with Gasteiger partial charge in [0.05, 0.1) is 5.69 Å². The van der Waals surface area contributed by atoms with E-state index in [4.69, 9.17) is 47.0 Å². The Morgan fingerprint density at radius 1 is 1.08 bits per heavy atom. The highest BCUT2D eigenvalue weighted by molar-refractivity contribution is 14.1. The van der Waals surface area contributed by atoms with Crippen molar-refractivity contribution >= 4 is 86.3 Å². The molecule has 0 fully saturated rings. The predicted molar refractivity (Wildman–Crippen MR) is 121 cm³/mol. The van der Waals surface area contributed by atoms with Crippen molar-refractivity contribution in [1.82, 2.24) is 10.6 Å². The summed E-state index contributed by atoms with van der Waals surface area (Å²) in [6.07, 6.45) is -1.03. The summed E-state index contributed by atoms with van der Waals surface area (Å²) in [5.74, 6) is -0.371. The van der Waals surface area contributed by atoms with E-state index in [9.17, 15) is 4.79 Å². The lowest BCUT2D eigenvalue weighted by atomic mass is 10.1. The molecule has 3 N–H and O–H groups in total. The molecule has 0 aliphatic rings. The molecule has 0 unspecified atom stereocenters. The van der Waals surface area contributed by atoms with Crippen molar-refractivity contribution in [2.45, 2.75) is 16.9 Å². The second-order valence-electron chi connectivity index (χ2n) is 5.34. The predicted octanol–water partition coefficient (Wildman–Crippen LogP) is 5.01. The number of aryl methyl sites for hydroxylation is 1. The molecule has 0 spiro atoms. The summed E-state index contributed by atoms with van der Waals surface area (Å²) in [7, 11) is 0. The van der Waals surface area contributed by atoms with Gasteiger partial charge < -0.3 is 16.0 Å². The number of anilines is 1. The number of halogens is 4. The van der Waals surface area contributed by atoms with E-state index in [1.807, 2.05) is 43.3 Å². The first-order chi connectivity index (χ1) is 12.2. The number of carbonyl (C=O) groups is 1. The SMILES string of the molecule is Cc1ccccc1C(=O)N[C@@H](NC(=S)Nc1ccccc1I)C(Cl)(Cl)Cl. The van der Waals surface area contributed by atoms with Crippen LogP contribution in [0.1, 0.15) is 15.9 Å². The fraction of sp³-hybridized carbons (Fsp3) is 0.176. The highest BCUT2D eigenvalue weighted by Gasteiger charge is 2.35. The highest BCUT2D eigenvalue weighted by Crippen LogP contribution is 2.29. The van der Waals surface area contributed by atoms with Crippen LogP contribution in [0.3, 0.4) is 0 Å². The Bertz CT molecular complexity index is 814. The van der Waals surface area contributed by atoms with E-state index >= 15 is 0 Å². The molecule has 0 aliphatic carbocycles. The summed E-state index contributed by atoms with van der Waals surface area (Å²) in [4.78, 5) is 12.5. The molecule has 138 valence electrons. The first-order valence-corrected chi connectivity index (χ1v) is 10.1. The van der Waals surface area contributed by atoms with Crippen molar-refractivity contribution in [3.63, 3.8) is 0 Å². The molecule has 4 nitrogen and oxygen atoms in total.